The first kappa shape index (κ1) is 24.3. The van der Waals surface area contributed by atoms with E-state index >= 15 is 0 Å². The van der Waals surface area contributed by atoms with Crippen LogP contribution in [0, 0.1) is 0 Å². The quantitative estimate of drug-likeness (QED) is 0.188. The highest BCUT2D eigenvalue weighted by molar-refractivity contribution is 5.71. The fourth-order valence-electron chi connectivity index (χ4n) is 3.57. The highest BCUT2D eigenvalue weighted by Gasteiger charge is 2.15. The van der Waals surface area contributed by atoms with Gasteiger partial charge >= 0.3 is 5.97 Å². The van der Waals surface area contributed by atoms with Crippen molar-refractivity contribution in [3.05, 3.63) is 17.7 Å². The van der Waals surface area contributed by atoms with E-state index in [0.717, 1.165) is 24.8 Å². The molecule has 28 heavy (non-hydrogen) atoms. The summed E-state index contributed by atoms with van der Waals surface area (Å²) in [6, 6.07) is 3.15. The predicted octanol–water partition coefficient (Wildman–Crippen LogP) is 6.96. The van der Waals surface area contributed by atoms with Gasteiger partial charge in [0.05, 0.1) is 7.11 Å². The molecule has 0 aromatic heterocycles. The molecule has 0 fully saturated rings. The predicted molar refractivity (Wildman–Crippen MR) is 115 cm³/mol. The van der Waals surface area contributed by atoms with Crippen LogP contribution in [-0.2, 0) is 11.2 Å². The zero-order valence-electron chi connectivity index (χ0n) is 18.2. The topological polar surface area (TPSA) is 55.8 Å². The van der Waals surface area contributed by atoms with Gasteiger partial charge in [-0.15, -0.1) is 0 Å². The second-order valence-corrected chi connectivity index (χ2v) is 7.72. The van der Waals surface area contributed by atoms with Gasteiger partial charge < -0.3 is 14.6 Å². The van der Waals surface area contributed by atoms with Crippen molar-refractivity contribution < 1.29 is 19.4 Å². The van der Waals surface area contributed by atoms with Gasteiger partial charge in [-0.05, 0) is 18.9 Å². The van der Waals surface area contributed by atoms with Gasteiger partial charge in [-0.25, -0.2) is 0 Å². The Hall–Kier alpha value is -1.71. The number of unbranched alkanes of at least 4 members (excludes halogenated alkanes) is 12. The van der Waals surface area contributed by atoms with Crippen molar-refractivity contribution in [2.75, 3.05) is 7.11 Å². The number of benzene rings is 1. The Morgan fingerprint density at radius 1 is 0.857 bits per heavy atom. The largest absolute Gasteiger partial charge is 0.508 e. The lowest BCUT2D eigenvalue weighted by Crippen LogP contribution is -2.06. The van der Waals surface area contributed by atoms with Crippen LogP contribution in [0.25, 0.3) is 0 Å². The third-order valence-electron chi connectivity index (χ3n) is 5.13. The number of esters is 1. The molecule has 0 spiro atoms. The number of methoxy groups -OCH3 is 1. The van der Waals surface area contributed by atoms with Crippen LogP contribution in [0.5, 0.6) is 17.2 Å². The summed E-state index contributed by atoms with van der Waals surface area (Å²) in [6.07, 6.45) is 17.8. The van der Waals surface area contributed by atoms with Gasteiger partial charge in [-0.3, -0.25) is 4.79 Å². The second-order valence-electron chi connectivity index (χ2n) is 7.72. The van der Waals surface area contributed by atoms with Gasteiger partial charge in [-0.2, -0.15) is 0 Å². The average molecular weight is 393 g/mol. The average Bonchev–Trinajstić information content (AvgIpc) is 2.66. The molecular formula is C24H40O4. The summed E-state index contributed by atoms with van der Waals surface area (Å²) < 4.78 is 10.6. The van der Waals surface area contributed by atoms with Crippen molar-refractivity contribution in [1.82, 2.24) is 0 Å². The molecule has 1 rings (SSSR count). The molecule has 0 atom stereocenters. The number of ether oxygens (including phenoxy) is 2. The Morgan fingerprint density at radius 2 is 1.36 bits per heavy atom. The number of phenols is 1. The molecule has 0 aliphatic rings. The number of hydrogen-bond donors (Lipinski definition) is 1. The maximum atomic E-state index is 11.4. The normalized spacial score (nSPS) is 10.8. The third kappa shape index (κ3) is 10.6. The van der Waals surface area contributed by atoms with Crippen LogP contribution in [0.4, 0.5) is 0 Å². The summed E-state index contributed by atoms with van der Waals surface area (Å²) in [5.41, 5.74) is 0.829. The van der Waals surface area contributed by atoms with E-state index in [0.29, 0.717) is 11.5 Å². The molecule has 1 N–H and O–H groups in total. The molecule has 0 amide bonds. The first-order chi connectivity index (χ1) is 13.6. The molecule has 4 nitrogen and oxygen atoms in total. The Balaban J connectivity index is 2.19. The fourth-order valence-corrected chi connectivity index (χ4v) is 3.57. The lowest BCUT2D eigenvalue weighted by Gasteiger charge is -2.14. The smallest absolute Gasteiger partial charge is 0.308 e. The monoisotopic (exact) mass is 392 g/mol. The summed E-state index contributed by atoms with van der Waals surface area (Å²) in [4.78, 5) is 11.4. The van der Waals surface area contributed by atoms with E-state index in [2.05, 4.69) is 6.92 Å². The minimum atomic E-state index is -0.379. The molecule has 0 bridgehead atoms. The molecule has 0 aliphatic heterocycles. The SMILES string of the molecule is CCCCCCCCCCCCCCCc1cc(O)cc(OC)c1OC(C)=O. The molecule has 0 unspecified atom stereocenters. The lowest BCUT2D eigenvalue weighted by molar-refractivity contribution is -0.132. The highest BCUT2D eigenvalue weighted by Crippen LogP contribution is 2.36. The van der Waals surface area contributed by atoms with Crippen molar-refractivity contribution in [1.29, 1.82) is 0 Å². The van der Waals surface area contributed by atoms with Crippen LogP contribution in [0.2, 0.25) is 0 Å². The number of carbonyl (C=O) groups is 1. The Kier molecular flexibility index (Phi) is 13.2. The Bertz CT molecular complexity index is 554. The molecule has 1 aromatic rings. The van der Waals surface area contributed by atoms with Crippen molar-refractivity contribution in [3.63, 3.8) is 0 Å². The summed E-state index contributed by atoms with van der Waals surface area (Å²) in [5.74, 6) is 0.597. The second kappa shape index (κ2) is 15.2. The van der Waals surface area contributed by atoms with Gasteiger partial charge in [0.15, 0.2) is 11.5 Å². The number of carbonyl (C=O) groups excluding carboxylic acids is 1. The van der Waals surface area contributed by atoms with Crippen LogP contribution in [0.1, 0.15) is 103 Å². The van der Waals surface area contributed by atoms with Gasteiger partial charge in [0.25, 0.3) is 0 Å². The lowest BCUT2D eigenvalue weighted by atomic mass is 10.0. The molecule has 4 heteroatoms. The van der Waals surface area contributed by atoms with Gasteiger partial charge in [-0.1, -0.05) is 84.0 Å². The standard InChI is InChI=1S/C24H40O4/c1-4-5-6-7-8-9-10-11-12-13-14-15-16-17-21-18-22(26)19-23(27-3)24(21)28-20(2)25/h18-19,26H,4-17H2,1-3H3. The van der Waals surface area contributed by atoms with Crippen LogP contribution < -0.4 is 9.47 Å². The van der Waals surface area contributed by atoms with Gasteiger partial charge in [0.1, 0.15) is 5.75 Å². The maximum Gasteiger partial charge on any atom is 0.308 e. The van der Waals surface area contributed by atoms with Gasteiger partial charge in [0.2, 0.25) is 0 Å². The molecule has 0 saturated carbocycles. The molecule has 1 aromatic carbocycles. The van der Waals surface area contributed by atoms with Crippen LogP contribution in [0.3, 0.4) is 0 Å². The number of hydrogen-bond acceptors (Lipinski definition) is 4. The third-order valence-corrected chi connectivity index (χ3v) is 5.13. The van der Waals surface area contributed by atoms with Crippen molar-refractivity contribution in [2.24, 2.45) is 0 Å². The molecule has 0 heterocycles. The zero-order chi connectivity index (χ0) is 20.6. The highest BCUT2D eigenvalue weighted by atomic mass is 16.6. The minimum absolute atomic E-state index is 0.137. The van der Waals surface area contributed by atoms with E-state index in [4.69, 9.17) is 9.47 Å². The maximum absolute atomic E-state index is 11.4. The summed E-state index contributed by atoms with van der Waals surface area (Å²) in [5, 5.41) is 9.87. The molecule has 0 aliphatic carbocycles. The van der Waals surface area contributed by atoms with Crippen molar-refractivity contribution in [2.45, 2.75) is 104 Å². The summed E-state index contributed by atoms with van der Waals surface area (Å²) in [7, 11) is 1.51. The van der Waals surface area contributed by atoms with Crippen molar-refractivity contribution >= 4 is 5.97 Å². The van der Waals surface area contributed by atoms with E-state index in [9.17, 15) is 9.90 Å². The minimum Gasteiger partial charge on any atom is -0.508 e. The molecular weight excluding hydrogens is 352 g/mol. The van der Waals surface area contributed by atoms with Crippen molar-refractivity contribution in [3.8, 4) is 17.2 Å². The Labute approximate surface area is 171 Å². The molecule has 0 radical (unpaired) electrons. The van der Waals surface area contributed by atoms with E-state index in [1.165, 1.54) is 90.7 Å². The van der Waals surface area contributed by atoms with E-state index in [-0.39, 0.29) is 11.7 Å². The molecule has 160 valence electrons. The number of rotatable bonds is 16. The van der Waals surface area contributed by atoms with E-state index in [1.54, 1.807) is 6.07 Å². The first-order valence-electron chi connectivity index (χ1n) is 11.2. The molecule has 0 saturated heterocycles. The van der Waals surface area contributed by atoms with E-state index in [1.807, 2.05) is 0 Å². The number of phenolic OH excluding ortho intramolecular Hbond substituents is 1. The zero-order valence-corrected chi connectivity index (χ0v) is 18.2. The van der Waals surface area contributed by atoms with Crippen LogP contribution in [-0.4, -0.2) is 18.2 Å². The van der Waals surface area contributed by atoms with Gasteiger partial charge in [0, 0.05) is 18.6 Å². The fraction of sp³-hybridized carbons (Fsp3) is 0.708. The van der Waals surface area contributed by atoms with Crippen LogP contribution >= 0.6 is 0 Å². The van der Waals surface area contributed by atoms with Crippen LogP contribution in [0.15, 0.2) is 12.1 Å². The summed E-state index contributed by atoms with van der Waals surface area (Å²) in [6.45, 7) is 3.64. The first-order valence-corrected chi connectivity index (χ1v) is 11.2. The number of aryl methyl sites for hydroxylation is 1. The number of aromatic hydroxyl groups is 1. The summed E-state index contributed by atoms with van der Waals surface area (Å²) >= 11 is 0. The Morgan fingerprint density at radius 3 is 1.82 bits per heavy atom. The van der Waals surface area contributed by atoms with E-state index < -0.39 is 0 Å².